The minimum atomic E-state index is -0.762. The Kier molecular flexibility index (Phi) is 46.6. The zero-order valence-corrected chi connectivity index (χ0v) is 41.8. The van der Waals surface area contributed by atoms with Crippen molar-refractivity contribution in [2.45, 2.75) is 310 Å². The lowest BCUT2D eigenvalue weighted by molar-refractivity contribution is -0.167. The maximum absolute atomic E-state index is 12.8. The lowest BCUT2D eigenvalue weighted by atomic mass is 10.00. The van der Waals surface area contributed by atoms with Crippen LogP contribution < -0.4 is 0 Å². The first-order chi connectivity index (χ1) is 29.8. The number of carbonyl (C=O) groups is 3. The van der Waals surface area contributed by atoms with Crippen molar-refractivity contribution < 1.29 is 28.6 Å². The van der Waals surface area contributed by atoms with Crippen LogP contribution in [0.1, 0.15) is 304 Å². The maximum atomic E-state index is 12.8. The van der Waals surface area contributed by atoms with Gasteiger partial charge in [0.25, 0.3) is 0 Å². The summed E-state index contributed by atoms with van der Waals surface area (Å²) in [4.78, 5) is 38.0. The third kappa shape index (κ3) is 47.7. The van der Waals surface area contributed by atoms with Gasteiger partial charge in [-0.15, -0.1) is 0 Å². The molecule has 0 aliphatic carbocycles. The van der Waals surface area contributed by atoms with Gasteiger partial charge >= 0.3 is 17.9 Å². The number of unbranched alkanes of at least 4 members (excludes halogenated alkanes) is 33. The van der Waals surface area contributed by atoms with E-state index >= 15 is 0 Å². The molecule has 6 nitrogen and oxygen atoms in total. The van der Waals surface area contributed by atoms with Gasteiger partial charge in [0.2, 0.25) is 0 Å². The van der Waals surface area contributed by atoms with E-state index in [-0.39, 0.29) is 31.1 Å². The number of rotatable bonds is 49. The van der Waals surface area contributed by atoms with Gasteiger partial charge in [0, 0.05) is 19.3 Å². The summed E-state index contributed by atoms with van der Waals surface area (Å²) in [5.74, 6) is 0.815. The molecule has 0 saturated heterocycles. The predicted octanol–water partition coefficient (Wildman–Crippen LogP) is 17.7. The summed E-state index contributed by atoms with van der Waals surface area (Å²) < 4.78 is 16.8. The second kappa shape index (κ2) is 47.9. The number of esters is 3. The molecule has 0 bridgehead atoms. The monoisotopic (exact) mass is 863 g/mol. The van der Waals surface area contributed by atoms with E-state index in [4.69, 9.17) is 14.2 Å². The molecule has 0 fully saturated rings. The molecule has 0 saturated carbocycles. The van der Waals surface area contributed by atoms with E-state index in [0.717, 1.165) is 69.6 Å². The lowest BCUT2D eigenvalue weighted by Gasteiger charge is -2.18. The molecule has 0 aromatic rings. The number of hydrogen-bond donors (Lipinski definition) is 0. The lowest BCUT2D eigenvalue weighted by Crippen LogP contribution is -2.30. The van der Waals surface area contributed by atoms with Crippen LogP contribution in [0.5, 0.6) is 0 Å². The molecule has 2 atom stereocenters. The van der Waals surface area contributed by atoms with Crippen LogP contribution in [0.15, 0.2) is 0 Å². The fourth-order valence-electron chi connectivity index (χ4n) is 8.31. The SMILES string of the molecule is CCCCCCCCCCCCCCCCCC(=O)OC[C@H](COC(=O)CCCCCCCCC(C)CC)OC(=O)CCCCCCCCCCCCCCCCCC(C)C. The van der Waals surface area contributed by atoms with E-state index < -0.39 is 6.10 Å². The molecule has 0 heterocycles. The molecule has 0 aromatic carbocycles. The third-order valence-electron chi connectivity index (χ3n) is 12.8. The van der Waals surface area contributed by atoms with Gasteiger partial charge < -0.3 is 14.2 Å². The van der Waals surface area contributed by atoms with Crippen LogP contribution in [0.25, 0.3) is 0 Å². The van der Waals surface area contributed by atoms with Gasteiger partial charge in [-0.25, -0.2) is 0 Å². The molecular weight excluding hydrogens is 757 g/mol. The molecule has 0 aromatic heterocycles. The van der Waals surface area contributed by atoms with Crippen molar-refractivity contribution >= 4 is 17.9 Å². The van der Waals surface area contributed by atoms with Crippen LogP contribution in [0.4, 0.5) is 0 Å². The summed E-state index contributed by atoms with van der Waals surface area (Å²) in [6.45, 7) is 11.4. The zero-order chi connectivity index (χ0) is 44.7. The van der Waals surface area contributed by atoms with E-state index in [1.165, 1.54) is 193 Å². The molecule has 0 rings (SSSR count). The normalized spacial score (nSPS) is 12.5. The van der Waals surface area contributed by atoms with Crippen LogP contribution in [0, 0.1) is 11.8 Å². The highest BCUT2D eigenvalue weighted by molar-refractivity contribution is 5.71. The van der Waals surface area contributed by atoms with Crippen LogP contribution in [0.2, 0.25) is 0 Å². The van der Waals surface area contributed by atoms with Crippen LogP contribution >= 0.6 is 0 Å². The van der Waals surface area contributed by atoms with Crippen molar-refractivity contribution in [2.24, 2.45) is 11.8 Å². The highest BCUT2D eigenvalue weighted by Crippen LogP contribution is 2.18. The highest BCUT2D eigenvalue weighted by Gasteiger charge is 2.19. The van der Waals surface area contributed by atoms with E-state index in [2.05, 4.69) is 34.6 Å². The minimum Gasteiger partial charge on any atom is -0.462 e. The second-order valence-corrected chi connectivity index (χ2v) is 19.6. The van der Waals surface area contributed by atoms with Crippen molar-refractivity contribution in [1.29, 1.82) is 0 Å². The zero-order valence-electron chi connectivity index (χ0n) is 41.8. The fourth-order valence-corrected chi connectivity index (χ4v) is 8.31. The van der Waals surface area contributed by atoms with Crippen LogP contribution in [-0.2, 0) is 28.6 Å². The van der Waals surface area contributed by atoms with E-state index in [0.29, 0.717) is 19.3 Å². The summed E-state index contributed by atoms with van der Waals surface area (Å²) in [5, 5.41) is 0. The Bertz CT molecular complexity index is 933. The molecule has 0 aliphatic heterocycles. The molecule has 0 aliphatic rings. The van der Waals surface area contributed by atoms with Gasteiger partial charge in [-0.1, -0.05) is 266 Å². The Morgan fingerprint density at radius 3 is 0.934 bits per heavy atom. The Morgan fingerprint density at radius 2 is 0.623 bits per heavy atom. The van der Waals surface area contributed by atoms with Crippen molar-refractivity contribution in [3.8, 4) is 0 Å². The van der Waals surface area contributed by atoms with E-state index in [1.54, 1.807) is 0 Å². The van der Waals surface area contributed by atoms with Crippen molar-refractivity contribution in [3.05, 3.63) is 0 Å². The fraction of sp³-hybridized carbons (Fsp3) is 0.945. The van der Waals surface area contributed by atoms with E-state index in [9.17, 15) is 14.4 Å². The minimum absolute atomic E-state index is 0.0638. The summed E-state index contributed by atoms with van der Waals surface area (Å²) in [7, 11) is 0. The average Bonchev–Trinajstić information content (AvgIpc) is 3.24. The largest absolute Gasteiger partial charge is 0.462 e. The third-order valence-corrected chi connectivity index (χ3v) is 12.8. The summed E-state index contributed by atoms with van der Waals surface area (Å²) >= 11 is 0. The highest BCUT2D eigenvalue weighted by atomic mass is 16.6. The predicted molar refractivity (Wildman–Crippen MR) is 261 cm³/mol. The first-order valence-electron chi connectivity index (χ1n) is 27.3. The average molecular weight is 863 g/mol. The van der Waals surface area contributed by atoms with Crippen LogP contribution in [0.3, 0.4) is 0 Å². The van der Waals surface area contributed by atoms with Gasteiger partial charge in [-0.3, -0.25) is 14.4 Å². The first-order valence-corrected chi connectivity index (χ1v) is 27.3. The Morgan fingerprint density at radius 1 is 0.344 bits per heavy atom. The molecule has 362 valence electrons. The number of carbonyl (C=O) groups excluding carboxylic acids is 3. The summed E-state index contributed by atoms with van der Waals surface area (Å²) in [6.07, 6.45) is 49.5. The van der Waals surface area contributed by atoms with E-state index in [1.807, 2.05) is 0 Å². The molecule has 0 N–H and O–H groups in total. The second-order valence-electron chi connectivity index (χ2n) is 19.6. The van der Waals surface area contributed by atoms with Crippen molar-refractivity contribution in [1.82, 2.24) is 0 Å². The van der Waals surface area contributed by atoms with Gasteiger partial charge in [0.05, 0.1) is 0 Å². The van der Waals surface area contributed by atoms with Gasteiger partial charge in [-0.05, 0) is 31.1 Å². The van der Waals surface area contributed by atoms with Gasteiger partial charge in [0.15, 0.2) is 6.10 Å². The van der Waals surface area contributed by atoms with Crippen molar-refractivity contribution in [2.75, 3.05) is 13.2 Å². The van der Waals surface area contributed by atoms with Crippen LogP contribution in [-0.4, -0.2) is 37.2 Å². The Labute approximate surface area is 380 Å². The van der Waals surface area contributed by atoms with Gasteiger partial charge in [0.1, 0.15) is 13.2 Å². The molecule has 6 heteroatoms. The quantitative estimate of drug-likeness (QED) is 0.0344. The maximum Gasteiger partial charge on any atom is 0.306 e. The topological polar surface area (TPSA) is 78.9 Å². The van der Waals surface area contributed by atoms with Crippen molar-refractivity contribution in [3.63, 3.8) is 0 Å². The molecular formula is C55H106O6. The molecule has 0 amide bonds. The number of hydrogen-bond acceptors (Lipinski definition) is 6. The molecule has 0 spiro atoms. The molecule has 1 unspecified atom stereocenters. The first kappa shape index (κ1) is 59.4. The molecule has 61 heavy (non-hydrogen) atoms. The van der Waals surface area contributed by atoms with Gasteiger partial charge in [-0.2, -0.15) is 0 Å². The summed E-state index contributed by atoms with van der Waals surface area (Å²) in [6, 6.07) is 0. The molecule has 0 radical (unpaired) electrons. The summed E-state index contributed by atoms with van der Waals surface area (Å²) in [5.41, 5.74) is 0. The smallest absolute Gasteiger partial charge is 0.306 e. The Balaban J connectivity index is 4.27. The number of ether oxygens (including phenoxy) is 3. The Hall–Kier alpha value is -1.59. The standard InChI is InChI=1S/C55H106O6/c1-6-8-9-10-11-12-13-14-16-20-23-26-29-35-40-45-53(56)59-48-52(49-60-54(57)46-41-36-32-31-34-39-44-51(5)7-2)61-55(58)47-42-37-30-27-24-21-18-15-17-19-22-25-28-33-38-43-50(3)4/h50-52H,6-49H2,1-5H3/t51?,52-/m1/s1.